The minimum Gasteiger partial charge on any atom is -0.394 e. The number of hydrogen-bond acceptors (Lipinski definition) is 6. The van der Waals surface area contributed by atoms with Crippen LogP contribution in [0.3, 0.4) is 0 Å². The van der Waals surface area contributed by atoms with Crippen LogP contribution in [0.2, 0.25) is 0 Å². The van der Waals surface area contributed by atoms with E-state index in [1.807, 2.05) is 0 Å². The average molecular weight is 371 g/mol. The van der Waals surface area contributed by atoms with Crippen LogP contribution in [0.5, 0.6) is 0 Å². The maximum atomic E-state index is 12.5. The molecule has 2 rings (SSSR count). The van der Waals surface area contributed by atoms with Crippen LogP contribution >= 0.6 is 0 Å². The topological polar surface area (TPSA) is 108 Å². The molecule has 0 atom stereocenters. The summed E-state index contributed by atoms with van der Waals surface area (Å²) in [6, 6.07) is 6.07. The van der Waals surface area contributed by atoms with Crippen molar-refractivity contribution in [1.29, 1.82) is 0 Å². The summed E-state index contributed by atoms with van der Waals surface area (Å²) in [5.74, 6) is -0.273. The number of aliphatic hydroxyl groups excluding tert-OH is 1. The summed E-state index contributed by atoms with van der Waals surface area (Å²) in [6.07, 6.45) is 0. The molecule has 3 N–H and O–H groups in total. The number of aliphatic hydroxyl groups is 1. The highest BCUT2D eigenvalue weighted by Crippen LogP contribution is 2.19. The van der Waals surface area contributed by atoms with Crippen molar-refractivity contribution in [2.75, 3.05) is 44.8 Å². The predicted octanol–water partition coefficient (Wildman–Crippen LogP) is 0.00650. The second-order valence-corrected chi connectivity index (χ2v) is 8.42. The SMILES string of the molecule is CC(C)(CO)NCC(=O)Nc1ccc(S(=O)(=O)N2CCOCC2)cc1. The van der Waals surface area contributed by atoms with E-state index in [4.69, 9.17) is 9.84 Å². The molecule has 0 saturated carbocycles. The van der Waals surface area contributed by atoms with Crippen molar-refractivity contribution in [1.82, 2.24) is 9.62 Å². The number of nitrogens with one attached hydrogen (secondary N) is 2. The van der Waals surface area contributed by atoms with E-state index in [0.29, 0.717) is 32.0 Å². The number of amides is 1. The lowest BCUT2D eigenvalue weighted by Crippen LogP contribution is -2.46. The number of nitrogens with zero attached hydrogens (tertiary/aromatic N) is 1. The van der Waals surface area contributed by atoms with Gasteiger partial charge in [-0.3, -0.25) is 4.79 Å². The first-order valence-electron chi connectivity index (χ1n) is 8.08. The van der Waals surface area contributed by atoms with E-state index < -0.39 is 15.6 Å². The van der Waals surface area contributed by atoms with Crippen molar-refractivity contribution in [3.63, 3.8) is 0 Å². The van der Waals surface area contributed by atoms with Crippen LogP contribution in [0.1, 0.15) is 13.8 Å². The van der Waals surface area contributed by atoms with E-state index in [1.54, 1.807) is 26.0 Å². The summed E-state index contributed by atoms with van der Waals surface area (Å²) in [6.45, 7) is 4.99. The molecule has 1 saturated heterocycles. The van der Waals surface area contributed by atoms with Gasteiger partial charge in [0, 0.05) is 24.3 Å². The molecule has 1 fully saturated rings. The Bertz CT molecular complexity index is 682. The first kappa shape index (κ1) is 19.8. The molecule has 25 heavy (non-hydrogen) atoms. The lowest BCUT2D eigenvalue weighted by atomic mass is 10.1. The molecule has 1 aromatic rings. The summed E-state index contributed by atoms with van der Waals surface area (Å²) >= 11 is 0. The van der Waals surface area contributed by atoms with Crippen molar-refractivity contribution in [2.45, 2.75) is 24.3 Å². The minimum absolute atomic E-state index is 0.0430. The van der Waals surface area contributed by atoms with Gasteiger partial charge in [-0.1, -0.05) is 0 Å². The van der Waals surface area contributed by atoms with Crippen LogP contribution in [0.4, 0.5) is 5.69 Å². The molecule has 0 bridgehead atoms. The summed E-state index contributed by atoms with van der Waals surface area (Å²) in [5.41, 5.74) is -0.0394. The molecule has 1 aliphatic heterocycles. The van der Waals surface area contributed by atoms with Gasteiger partial charge in [-0.05, 0) is 38.1 Å². The van der Waals surface area contributed by atoms with E-state index in [1.165, 1.54) is 16.4 Å². The van der Waals surface area contributed by atoms with Crippen molar-refractivity contribution >= 4 is 21.6 Å². The highest BCUT2D eigenvalue weighted by molar-refractivity contribution is 7.89. The molecule has 0 aliphatic carbocycles. The molecule has 1 heterocycles. The van der Waals surface area contributed by atoms with Gasteiger partial charge < -0.3 is 20.5 Å². The molecule has 9 heteroatoms. The normalized spacial score (nSPS) is 16.6. The van der Waals surface area contributed by atoms with Gasteiger partial charge in [0.1, 0.15) is 0 Å². The van der Waals surface area contributed by atoms with Crippen molar-refractivity contribution < 1.29 is 23.1 Å². The molecule has 140 valence electrons. The van der Waals surface area contributed by atoms with Gasteiger partial charge in [0.15, 0.2) is 0 Å². The van der Waals surface area contributed by atoms with Gasteiger partial charge in [0.25, 0.3) is 0 Å². The summed E-state index contributed by atoms with van der Waals surface area (Å²) < 4.78 is 31.6. The third kappa shape index (κ3) is 5.48. The Balaban J connectivity index is 1.96. The molecular formula is C16H25N3O5S. The first-order valence-corrected chi connectivity index (χ1v) is 9.52. The second kappa shape index (κ2) is 8.24. The number of benzene rings is 1. The maximum absolute atomic E-state index is 12.5. The van der Waals surface area contributed by atoms with Crippen molar-refractivity contribution in [3.8, 4) is 0 Å². The number of rotatable bonds is 7. The number of carbonyl (C=O) groups excluding carboxylic acids is 1. The third-order valence-corrected chi connectivity index (χ3v) is 5.78. The lowest BCUT2D eigenvalue weighted by molar-refractivity contribution is -0.115. The summed E-state index contributed by atoms with van der Waals surface area (Å²) in [5, 5.41) is 14.8. The van der Waals surface area contributed by atoms with Gasteiger partial charge in [-0.2, -0.15) is 4.31 Å². The van der Waals surface area contributed by atoms with Crippen molar-refractivity contribution in [3.05, 3.63) is 24.3 Å². The number of carbonyl (C=O) groups is 1. The fourth-order valence-electron chi connectivity index (χ4n) is 2.23. The standard InChI is InChI=1S/C16H25N3O5S/c1-16(2,12-20)17-11-15(21)18-13-3-5-14(6-4-13)25(22,23)19-7-9-24-10-8-19/h3-6,17,20H,7-12H2,1-2H3,(H,18,21). The number of hydrogen-bond donors (Lipinski definition) is 3. The zero-order chi connectivity index (χ0) is 18.5. The van der Waals surface area contributed by atoms with E-state index in [9.17, 15) is 13.2 Å². The number of ether oxygens (including phenoxy) is 1. The highest BCUT2D eigenvalue weighted by Gasteiger charge is 2.26. The van der Waals surface area contributed by atoms with Gasteiger partial charge in [-0.25, -0.2) is 8.42 Å². The third-order valence-electron chi connectivity index (χ3n) is 3.87. The summed E-state index contributed by atoms with van der Waals surface area (Å²) in [7, 11) is -3.54. The van der Waals surface area contributed by atoms with Crippen LogP contribution in [0, 0.1) is 0 Å². The molecule has 1 aliphatic rings. The smallest absolute Gasteiger partial charge is 0.243 e. The molecule has 1 amide bonds. The van der Waals surface area contributed by atoms with Crippen LogP contribution in [-0.4, -0.2) is 68.7 Å². The van der Waals surface area contributed by atoms with Crippen LogP contribution < -0.4 is 10.6 Å². The Labute approximate surface area is 148 Å². The van der Waals surface area contributed by atoms with Gasteiger partial charge in [0.2, 0.25) is 15.9 Å². The van der Waals surface area contributed by atoms with E-state index in [-0.39, 0.29) is 24.0 Å². The Morgan fingerprint density at radius 1 is 1.24 bits per heavy atom. The molecule has 0 spiro atoms. The molecule has 8 nitrogen and oxygen atoms in total. The van der Waals surface area contributed by atoms with Crippen LogP contribution in [0.25, 0.3) is 0 Å². The van der Waals surface area contributed by atoms with E-state index in [0.717, 1.165) is 0 Å². The number of sulfonamides is 1. The lowest BCUT2D eigenvalue weighted by Gasteiger charge is -2.26. The van der Waals surface area contributed by atoms with Gasteiger partial charge >= 0.3 is 0 Å². The largest absolute Gasteiger partial charge is 0.394 e. The number of morpholine rings is 1. The molecule has 1 aromatic carbocycles. The zero-order valence-corrected chi connectivity index (χ0v) is 15.3. The average Bonchev–Trinajstić information content (AvgIpc) is 2.61. The highest BCUT2D eigenvalue weighted by atomic mass is 32.2. The minimum atomic E-state index is -3.54. The molecule has 0 unspecified atom stereocenters. The van der Waals surface area contributed by atoms with E-state index in [2.05, 4.69) is 10.6 Å². The molecule has 0 aromatic heterocycles. The van der Waals surface area contributed by atoms with Crippen LogP contribution in [-0.2, 0) is 19.6 Å². The fourth-order valence-corrected chi connectivity index (χ4v) is 3.63. The van der Waals surface area contributed by atoms with Crippen molar-refractivity contribution in [2.24, 2.45) is 0 Å². The Kier molecular flexibility index (Phi) is 6.53. The quantitative estimate of drug-likeness (QED) is 0.623. The Hall–Kier alpha value is -1.52. The fraction of sp³-hybridized carbons (Fsp3) is 0.562. The van der Waals surface area contributed by atoms with Gasteiger partial charge in [0.05, 0.1) is 31.3 Å². The predicted molar refractivity (Wildman–Crippen MR) is 93.8 cm³/mol. The first-order chi connectivity index (χ1) is 11.7. The monoisotopic (exact) mass is 371 g/mol. The molecular weight excluding hydrogens is 346 g/mol. The maximum Gasteiger partial charge on any atom is 0.243 e. The van der Waals surface area contributed by atoms with E-state index >= 15 is 0 Å². The number of anilines is 1. The Morgan fingerprint density at radius 2 is 1.84 bits per heavy atom. The molecule has 0 radical (unpaired) electrons. The van der Waals surface area contributed by atoms with Gasteiger partial charge in [-0.15, -0.1) is 0 Å². The van der Waals surface area contributed by atoms with Crippen LogP contribution in [0.15, 0.2) is 29.2 Å². The summed E-state index contributed by atoms with van der Waals surface area (Å²) in [4.78, 5) is 12.1. The zero-order valence-electron chi connectivity index (χ0n) is 14.5. The Morgan fingerprint density at radius 3 is 2.40 bits per heavy atom. The second-order valence-electron chi connectivity index (χ2n) is 6.48.